The molecule has 1 amide bonds. The number of sulfonamides is 1. The Morgan fingerprint density at radius 3 is 2.45 bits per heavy atom. The number of amides is 1. The zero-order valence-electron chi connectivity index (χ0n) is 11.5. The van der Waals surface area contributed by atoms with Crippen molar-refractivity contribution < 1.29 is 17.9 Å². The SMILES string of the molecule is C=CCNC(=O)COc1ccc(S(=O)(=O)N(C)C)cc1. The van der Waals surface area contributed by atoms with Crippen molar-refractivity contribution in [3.63, 3.8) is 0 Å². The third-order valence-electron chi connectivity index (χ3n) is 2.42. The molecular formula is C13H18N2O4S. The topological polar surface area (TPSA) is 75.7 Å². The van der Waals surface area contributed by atoms with Gasteiger partial charge in [0.05, 0.1) is 4.90 Å². The van der Waals surface area contributed by atoms with Crippen LogP contribution in [0.2, 0.25) is 0 Å². The van der Waals surface area contributed by atoms with Gasteiger partial charge in [-0.1, -0.05) is 6.08 Å². The molecule has 1 rings (SSSR count). The first-order valence-electron chi connectivity index (χ1n) is 5.91. The fourth-order valence-electron chi connectivity index (χ4n) is 1.30. The molecule has 0 fully saturated rings. The van der Waals surface area contributed by atoms with Gasteiger partial charge in [-0.2, -0.15) is 0 Å². The fraction of sp³-hybridized carbons (Fsp3) is 0.308. The number of nitrogens with one attached hydrogen (secondary N) is 1. The normalized spacial score (nSPS) is 11.2. The molecule has 0 spiro atoms. The van der Waals surface area contributed by atoms with E-state index in [0.717, 1.165) is 4.31 Å². The van der Waals surface area contributed by atoms with Gasteiger partial charge in [0.25, 0.3) is 5.91 Å². The Morgan fingerprint density at radius 2 is 1.95 bits per heavy atom. The monoisotopic (exact) mass is 298 g/mol. The van der Waals surface area contributed by atoms with E-state index >= 15 is 0 Å². The predicted molar refractivity (Wildman–Crippen MR) is 76.0 cm³/mol. The lowest BCUT2D eigenvalue weighted by Crippen LogP contribution is -2.28. The number of carbonyl (C=O) groups is 1. The molecule has 110 valence electrons. The summed E-state index contributed by atoms with van der Waals surface area (Å²) in [6, 6.07) is 5.90. The molecule has 0 aliphatic heterocycles. The number of rotatable bonds is 7. The van der Waals surface area contributed by atoms with Gasteiger partial charge < -0.3 is 10.1 Å². The summed E-state index contributed by atoms with van der Waals surface area (Å²) in [7, 11) is -0.526. The summed E-state index contributed by atoms with van der Waals surface area (Å²) >= 11 is 0. The van der Waals surface area contributed by atoms with Crippen LogP contribution in [0, 0.1) is 0 Å². The number of hydrogen-bond donors (Lipinski definition) is 1. The second-order valence-electron chi connectivity index (χ2n) is 4.14. The highest BCUT2D eigenvalue weighted by Crippen LogP contribution is 2.17. The van der Waals surface area contributed by atoms with E-state index in [1.165, 1.54) is 38.4 Å². The summed E-state index contributed by atoms with van der Waals surface area (Å²) in [6.07, 6.45) is 1.57. The number of benzene rings is 1. The lowest BCUT2D eigenvalue weighted by atomic mass is 10.3. The third kappa shape index (κ3) is 4.36. The lowest BCUT2D eigenvalue weighted by Gasteiger charge is -2.12. The van der Waals surface area contributed by atoms with Gasteiger partial charge in [0, 0.05) is 20.6 Å². The van der Waals surface area contributed by atoms with E-state index in [1.54, 1.807) is 6.08 Å². The molecule has 0 bridgehead atoms. The van der Waals surface area contributed by atoms with Crippen LogP contribution >= 0.6 is 0 Å². The van der Waals surface area contributed by atoms with E-state index in [1.807, 2.05) is 0 Å². The Labute approximate surface area is 119 Å². The molecule has 1 aromatic rings. The standard InChI is InChI=1S/C13H18N2O4S/c1-4-9-14-13(16)10-19-11-5-7-12(8-6-11)20(17,18)15(2)3/h4-8H,1,9-10H2,2-3H3,(H,14,16). The highest BCUT2D eigenvalue weighted by Gasteiger charge is 2.16. The Morgan fingerprint density at radius 1 is 1.35 bits per heavy atom. The highest BCUT2D eigenvalue weighted by atomic mass is 32.2. The van der Waals surface area contributed by atoms with Crippen molar-refractivity contribution >= 4 is 15.9 Å². The molecule has 0 atom stereocenters. The van der Waals surface area contributed by atoms with Gasteiger partial charge >= 0.3 is 0 Å². The average Bonchev–Trinajstić information content (AvgIpc) is 2.43. The minimum absolute atomic E-state index is 0.131. The molecule has 7 heteroatoms. The molecule has 0 aliphatic carbocycles. The second-order valence-corrected chi connectivity index (χ2v) is 6.29. The Bertz CT molecular complexity index is 565. The quantitative estimate of drug-likeness (QED) is 0.749. The van der Waals surface area contributed by atoms with Crippen LogP contribution in [0.5, 0.6) is 5.75 Å². The summed E-state index contributed by atoms with van der Waals surface area (Å²) in [5.41, 5.74) is 0. The molecule has 0 saturated carbocycles. The molecule has 0 aliphatic rings. The van der Waals surface area contributed by atoms with Crippen LogP contribution in [0.1, 0.15) is 0 Å². The van der Waals surface area contributed by atoms with Crippen molar-refractivity contribution in [2.45, 2.75) is 4.90 Å². The zero-order chi connectivity index (χ0) is 15.2. The Kier molecular flexibility index (Phi) is 5.72. The van der Waals surface area contributed by atoms with Crippen LogP contribution in [0.3, 0.4) is 0 Å². The minimum atomic E-state index is -3.45. The van der Waals surface area contributed by atoms with E-state index in [0.29, 0.717) is 12.3 Å². The van der Waals surface area contributed by atoms with Gasteiger partial charge in [0.15, 0.2) is 6.61 Å². The number of carbonyl (C=O) groups excluding carboxylic acids is 1. The van der Waals surface area contributed by atoms with Gasteiger partial charge in [0.2, 0.25) is 10.0 Å². The molecule has 20 heavy (non-hydrogen) atoms. The van der Waals surface area contributed by atoms with Crippen molar-refractivity contribution in [1.29, 1.82) is 0 Å². The molecule has 0 radical (unpaired) electrons. The van der Waals surface area contributed by atoms with Crippen LogP contribution in [-0.4, -0.2) is 45.9 Å². The molecule has 6 nitrogen and oxygen atoms in total. The smallest absolute Gasteiger partial charge is 0.258 e. The van der Waals surface area contributed by atoms with E-state index in [9.17, 15) is 13.2 Å². The first-order valence-corrected chi connectivity index (χ1v) is 7.35. The van der Waals surface area contributed by atoms with Crippen molar-refractivity contribution in [1.82, 2.24) is 9.62 Å². The van der Waals surface area contributed by atoms with Gasteiger partial charge in [-0.05, 0) is 24.3 Å². The Balaban J connectivity index is 2.64. The zero-order valence-corrected chi connectivity index (χ0v) is 12.3. The summed E-state index contributed by atoms with van der Waals surface area (Å²) < 4.78 is 30.0. The predicted octanol–water partition coefficient (Wildman–Crippen LogP) is 0.618. The largest absolute Gasteiger partial charge is 0.484 e. The first kappa shape index (κ1) is 16.2. The maximum absolute atomic E-state index is 11.8. The molecule has 0 saturated heterocycles. The van der Waals surface area contributed by atoms with Gasteiger partial charge in [-0.15, -0.1) is 6.58 Å². The minimum Gasteiger partial charge on any atom is -0.484 e. The van der Waals surface area contributed by atoms with Gasteiger partial charge in [-0.25, -0.2) is 12.7 Å². The average molecular weight is 298 g/mol. The van der Waals surface area contributed by atoms with Crippen LogP contribution in [0.25, 0.3) is 0 Å². The molecule has 1 N–H and O–H groups in total. The third-order valence-corrected chi connectivity index (χ3v) is 4.25. The summed E-state index contributed by atoms with van der Waals surface area (Å²) in [6.45, 7) is 3.73. The molecule has 0 heterocycles. The molecule has 1 aromatic carbocycles. The molecule has 0 aromatic heterocycles. The van der Waals surface area contributed by atoms with E-state index in [2.05, 4.69) is 11.9 Å². The van der Waals surface area contributed by atoms with Crippen LogP contribution in [-0.2, 0) is 14.8 Å². The fourth-order valence-corrected chi connectivity index (χ4v) is 2.21. The van der Waals surface area contributed by atoms with E-state index in [-0.39, 0.29) is 17.4 Å². The first-order chi connectivity index (χ1) is 9.37. The van der Waals surface area contributed by atoms with Crippen molar-refractivity contribution in [2.24, 2.45) is 0 Å². The van der Waals surface area contributed by atoms with Crippen LogP contribution in [0.15, 0.2) is 41.8 Å². The Hall–Kier alpha value is -1.86. The maximum atomic E-state index is 11.8. The summed E-state index contributed by atoms with van der Waals surface area (Å²) in [5.74, 6) is 0.159. The molecular weight excluding hydrogens is 280 g/mol. The van der Waals surface area contributed by atoms with Crippen molar-refractivity contribution in [2.75, 3.05) is 27.2 Å². The number of nitrogens with zero attached hydrogens (tertiary/aromatic N) is 1. The van der Waals surface area contributed by atoms with Crippen molar-refractivity contribution in [3.05, 3.63) is 36.9 Å². The lowest BCUT2D eigenvalue weighted by molar-refractivity contribution is -0.122. The van der Waals surface area contributed by atoms with Gasteiger partial charge in [-0.3, -0.25) is 4.79 Å². The van der Waals surface area contributed by atoms with E-state index in [4.69, 9.17) is 4.74 Å². The summed E-state index contributed by atoms with van der Waals surface area (Å²) in [5, 5.41) is 2.57. The maximum Gasteiger partial charge on any atom is 0.258 e. The highest BCUT2D eigenvalue weighted by molar-refractivity contribution is 7.89. The van der Waals surface area contributed by atoms with Gasteiger partial charge in [0.1, 0.15) is 5.75 Å². The van der Waals surface area contributed by atoms with Crippen molar-refractivity contribution in [3.8, 4) is 5.75 Å². The molecule has 0 unspecified atom stereocenters. The van der Waals surface area contributed by atoms with Crippen LogP contribution < -0.4 is 10.1 Å². The number of hydrogen-bond acceptors (Lipinski definition) is 4. The van der Waals surface area contributed by atoms with E-state index < -0.39 is 10.0 Å². The second kappa shape index (κ2) is 7.06. The van der Waals surface area contributed by atoms with Crippen LogP contribution in [0.4, 0.5) is 0 Å². The summed E-state index contributed by atoms with van der Waals surface area (Å²) in [4.78, 5) is 11.5. The number of ether oxygens (including phenoxy) is 1.